The molecule has 0 heterocycles. The van der Waals surface area contributed by atoms with Crippen molar-refractivity contribution in [3.63, 3.8) is 0 Å². The number of benzene rings is 1. The molecule has 0 spiro atoms. The van der Waals surface area contributed by atoms with E-state index in [1.54, 1.807) is 0 Å². The third-order valence-corrected chi connectivity index (χ3v) is 4.67. The summed E-state index contributed by atoms with van der Waals surface area (Å²) in [7, 11) is -5.65. The maximum absolute atomic E-state index is 12.5. The van der Waals surface area contributed by atoms with Gasteiger partial charge in [0, 0.05) is 6.07 Å². The number of nitrogens with one attached hydrogen (secondary N) is 1. The molecule has 1 aliphatic carbocycles. The van der Waals surface area contributed by atoms with E-state index >= 15 is 0 Å². The fourth-order valence-corrected chi connectivity index (χ4v) is 2.95. The minimum absolute atomic E-state index is 0. The molecule has 0 atom stereocenters. The van der Waals surface area contributed by atoms with E-state index in [9.17, 15) is 31.7 Å². The van der Waals surface area contributed by atoms with Crippen molar-refractivity contribution >= 4 is 21.4 Å². The maximum Gasteiger partial charge on any atom is 1.00 e. The van der Waals surface area contributed by atoms with Crippen molar-refractivity contribution in [3.05, 3.63) is 28.3 Å². The summed E-state index contributed by atoms with van der Waals surface area (Å²) in [5.74, 6) is -0.288. The zero-order valence-electron chi connectivity index (χ0n) is 14.4. The summed E-state index contributed by atoms with van der Waals surface area (Å²) in [6.45, 7) is 0. The van der Waals surface area contributed by atoms with E-state index in [-0.39, 0.29) is 42.8 Å². The Kier molecular flexibility index (Phi) is 7.54. The maximum atomic E-state index is 12.5. The third kappa shape index (κ3) is 5.73. The molecule has 0 bridgehead atoms. The molecule has 1 aromatic carbocycles. The van der Waals surface area contributed by atoms with E-state index in [2.05, 4.69) is 0 Å². The minimum Gasteiger partial charge on any atom is -1.00 e. The first kappa shape index (κ1) is 22.0. The average molecular weight is 392 g/mol. The number of nitrogens with zero attached hydrogens (tertiary/aromatic N) is 1. The predicted molar refractivity (Wildman–Crippen MR) is 80.3 cm³/mol. The summed E-state index contributed by atoms with van der Waals surface area (Å²) in [6.07, 6.45) is 3.70. The minimum atomic E-state index is -5.65. The van der Waals surface area contributed by atoms with Crippen LogP contribution in [0.1, 0.15) is 33.5 Å². The molecule has 12 heteroatoms. The van der Waals surface area contributed by atoms with Crippen molar-refractivity contribution in [2.75, 3.05) is 4.72 Å². The molecule has 0 aliphatic heterocycles. The summed E-state index contributed by atoms with van der Waals surface area (Å²) in [5, 5.41) is 10.8. The molecule has 0 radical (unpaired) electrons. The van der Waals surface area contributed by atoms with Gasteiger partial charge in [0.2, 0.25) is 0 Å². The molecule has 1 aromatic rings. The van der Waals surface area contributed by atoms with E-state index in [1.807, 2.05) is 0 Å². The summed E-state index contributed by atoms with van der Waals surface area (Å²) < 4.78 is 67.0. The Bertz CT molecular complexity index is 727. The Labute approximate surface area is 165 Å². The predicted octanol–water partition coefficient (Wildman–Crippen LogP) is 0.684. The van der Waals surface area contributed by atoms with Gasteiger partial charge >= 0.3 is 45.1 Å². The van der Waals surface area contributed by atoms with Gasteiger partial charge in [0.25, 0.3) is 5.69 Å². The number of hydrogen-bond acceptors (Lipinski definition) is 5. The Hall–Kier alpha value is -1.04. The largest absolute Gasteiger partial charge is 1.00 e. The number of non-ortho nitro benzene ring substituents is 1. The molecular weight excluding hydrogens is 376 g/mol. The second-order valence-corrected chi connectivity index (χ2v) is 7.04. The van der Waals surface area contributed by atoms with Gasteiger partial charge < -0.3 is 6.16 Å². The molecule has 0 unspecified atom stereocenters. The quantitative estimate of drug-likeness (QED) is 0.452. The van der Waals surface area contributed by atoms with Crippen LogP contribution in [0.3, 0.4) is 0 Å². The van der Waals surface area contributed by atoms with E-state index in [0.717, 1.165) is 37.5 Å². The average Bonchev–Trinajstić information content (AvgIpc) is 2.48. The monoisotopic (exact) mass is 392 g/mol. The van der Waals surface area contributed by atoms with Gasteiger partial charge in [-0.15, -0.1) is 0 Å². The Morgan fingerprint density at radius 1 is 1.24 bits per heavy atom. The van der Waals surface area contributed by atoms with E-state index < -0.39 is 31.8 Å². The topological polar surface area (TPSA) is 98.5 Å². The Balaban J connectivity index is 0.00000312. The molecule has 1 saturated carbocycles. The summed E-state index contributed by atoms with van der Waals surface area (Å²) in [4.78, 5) is 10.1. The second-order valence-electron chi connectivity index (χ2n) is 5.37. The van der Waals surface area contributed by atoms with Gasteiger partial charge in [-0.1, -0.05) is 6.42 Å². The van der Waals surface area contributed by atoms with Gasteiger partial charge in [0.1, 0.15) is 0 Å². The number of nitro groups is 1. The number of rotatable bonds is 5. The van der Waals surface area contributed by atoms with Crippen molar-refractivity contribution in [2.24, 2.45) is 0 Å². The summed E-state index contributed by atoms with van der Waals surface area (Å²) >= 11 is 0. The van der Waals surface area contributed by atoms with Gasteiger partial charge in [0.05, 0.1) is 22.8 Å². The number of sulfonamides is 1. The van der Waals surface area contributed by atoms with Gasteiger partial charge in [-0.05, 0) is 31.7 Å². The molecule has 136 valence electrons. The van der Waals surface area contributed by atoms with Crippen molar-refractivity contribution in [3.8, 4) is 5.75 Å². The van der Waals surface area contributed by atoms with E-state index in [4.69, 9.17) is 4.74 Å². The fraction of sp³-hybridized carbons (Fsp3) is 0.538. The van der Waals surface area contributed by atoms with Crippen LogP contribution in [0, 0.1) is 10.1 Å². The fourth-order valence-electron chi connectivity index (χ4n) is 2.37. The van der Waals surface area contributed by atoms with Crippen LogP contribution in [-0.2, 0) is 10.0 Å². The SMILES string of the molecule is O=[N+]([O-])c1ccc(NS(=O)(=O)C(F)(F)F)c(OC2CCCCC2)c1.[H-].[Na+]. The molecule has 1 N–H and O–H groups in total. The van der Waals surface area contributed by atoms with Crippen LogP contribution < -0.4 is 39.0 Å². The van der Waals surface area contributed by atoms with Crippen LogP contribution >= 0.6 is 0 Å². The third-order valence-electron chi connectivity index (χ3n) is 3.57. The number of ether oxygens (including phenoxy) is 1. The zero-order chi connectivity index (χ0) is 18.0. The first-order valence-electron chi connectivity index (χ1n) is 7.14. The van der Waals surface area contributed by atoms with Gasteiger partial charge in [-0.25, -0.2) is 0 Å². The number of hydrogen-bond donors (Lipinski definition) is 1. The molecule has 25 heavy (non-hydrogen) atoms. The number of nitro benzene ring substituents is 1. The molecule has 1 fully saturated rings. The molecule has 0 amide bonds. The summed E-state index contributed by atoms with van der Waals surface area (Å²) in [5.41, 5.74) is -6.39. The number of anilines is 1. The number of halogens is 3. The molecule has 1 aliphatic rings. The van der Waals surface area contributed by atoms with E-state index in [0.29, 0.717) is 12.8 Å². The molecule has 7 nitrogen and oxygen atoms in total. The van der Waals surface area contributed by atoms with Crippen LogP contribution in [0.5, 0.6) is 5.75 Å². The normalized spacial score (nSPS) is 16.0. The van der Waals surface area contributed by atoms with Crippen molar-refractivity contribution in [1.29, 1.82) is 0 Å². The van der Waals surface area contributed by atoms with Crippen molar-refractivity contribution in [2.45, 2.75) is 43.7 Å². The van der Waals surface area contributed by atoms with Gasteiger partial charge in [0.15, 0.2) is 5.75 Å². The van der Waals surface area contributed by atoms with Gasteiger partial charge in [-0.3, -0.25) is 14.8 Å². The first-order chi connectivity index (χ1) is 11.1. The molecule has 2 rings (SSSR count). The van der Waals surface area contributed by atoms with Crippen LogP contribution in [0.4, 0.5) is 24.5 Å². The van der Waals surface area contributed by atoms with E-state index in [1.165, 1.54) is 4.72 Å². The van der Waals surface area contributed by atoms with Crippen LogP contribution in [0.2, 0.25) is 0 Å². The zero-order valence-corrected chi connectivity index (χ0v) is 16.2. The smallest absolute Gasteiger partial charge is 1.00 e. The van der Waals surface area contributed by atoms with Crippen LogP contribution in [-0.4, -0.2) is 25.0 Å². The first-order valence-corrected chi connectivity index (χ1v) is 8.62. The summed E-state index contributed by atoms with van der Waals surface area (Å²) in [6, 6.07) is 2.71. The van der Waals surface area contributed by atoms with Crippen molar-refractivity contribution < 1.29 is 62.2 Å². The van der Waals surface area contributed by atoms with Crippen molar-refractivity contribution in [1.82, 2.24) is 0 Å². The molecular formula is C13H16F3N2NaO5S. The van der Waals surface area contributed by atoms with Crippen LogP contribution in [0.25, 0.3) is 0 Å². The Morgan fingerprint density at radius 3 is 2.36 bits per heavy atom. The van der Waals surface area contributed by atoms with Gasteiger partial charge in [-0.2, -0.15) is 21.6 Å². The van der Waals surface area contributed by atoms with Crippen LogP contribution in [0.15, 0.2) is 18.2 Å². The molecule has 0 aromatic heterocycles. The Morgan fingerprint density at radius 2 is 1.84 bits per heavy atom. The molecule has 0 saturated heterocycles. The standard InChI is InChI=1S/C13H15F3N2O5S.Na.H/c14-13(15,16)24(21,22)17-11-7-6-9(18(19)20)8-12(11)23-10-4-2-1-3-5-10;;/h6-8,10,17H,1-5H2;;/q;+1;-1. The second kappa shape index (κ2) is 8.56. The number of alkyl halides is 3.